The summed E-state index contributed by atoms with van der Waals surface area (Å²) in [5.41, 5.74) is 2.06. The van der Waals surface area contributed by atoms with Gasteiger partial charge in [-0.05, 0) is 25.5 Å². The summed E-state index contributed by atoms with van der Waals surface area (Å²) in [6.07, 6.45) is 2.94. The predicted molar refractivity (Wildman–Crippen MR) is 83.7 cm³/mol. The lowest BCUT2D eigenvalue weighted by Gasteiger charge is -2.06. The fraction of sp³-hybridized carbons (Fsp3) is 0.312. The number of nitrogens with zero attached hydrogens (tertiary/aromatic N) is 2. The normalized spacial score (nSPS) is 10.6. The number of rotatable bonds is 6. The predicted octanol–water partition coefficient (Wildman–Crippen LogP) is 3.73. The van der Waals surface area contributed by atoms with Crippen LogP contribution in [0.1, 0.15) is 40.8 Å². The first-order chi connectivity index (χ1) is 10.1. The largest absolute Gasteiger partial charge is 0.478 e. The molecule has 0 saturated carbocycles. The summed E-state index contributed by atoms with van der Waals surface area (Å²) < 4.78 is 0. The number of thioether (sulfide) groups is 1. The third kappa shape index (κ3) is 4.29. The number of aromatic carboxylic acids is 1. The first kappa shape index (κ1) is 15.5. The molecule has 110 valence electrons. The van der Waals surface area contributed by atoms with Gasteiger partial charge in [-0.3, -0.25) is 0 Å². The highest BCUT2D eigenvalue weighted by molar-refractivity contribution is 7.98. The molecule has 0 radical (unpaired) electrons. The lowest BCUT2D eigenvalue weighted by atomic mass is 10.1. The van der Waals surface area contributed by atoms with Gasteiger partial charge >= 0.3 is 5.97 Å². The van der Waals surface area contributed by atoms with E-state index >= 15 is 0 Å². The quantitative estimate of drug-likeness (QED) is 0.824. The van der Waals surface area contributed by atoms with E-state index in [4.69, 9.17) is 5.11 Å². The van der Waals surface area contributed by atoms with Crippen LogP contribution in [0.3, 0.4) is 0 Å². The Labute approximate surface area is 128 Å². The van der Waals surface area contributed by atoms with Crippen molar-refractivity contribution >= 4 is 17.7 Å². The third-order valence-electron chi connectivity index (χ3n) is 3.02. The van der Waals surface area contributed by atoms with Gasteiger partial charge in [0.25, 0.3) is 0 Å². The van der Waals surface area contributed by atoms with Gasteiger partial charge in [-0.2, -0.15) is 0 Å². The molecule has 21 heavy (non-hydrogen) atoms. The number of aryl methyl sites for hydroxylation is 2. The number of carboxylic acids is 1. The molecule has 0 fully saturated rings. The topological polar surface area (TPSA) is 63.1 Å². The Kier molecular flexibility index (Phi) is 5.33. The van der Waals surface area contributed by atoms with Crippen LogP contribution < -0.4 is 0 Å². The van der Waals surface area contributed by atoms with Crippen molar-refractivity contribution in [2.45, 2.75) is 37.3 Å². The Balaban J connectivity index is 2.11. The molecule has 0 amide bonds. The van der Waals surface area contributed by atoms with Crippen LogP contribution in [0.15, 0.2) is 35.4 Å². The number of carboxylic acid groups (broad SMARTS) is 1. The molecule has 0 atom stereocenters. The van der Waals surface area contributed by atoms with Gasteiger partial charge in [0.1, 0.15) is 5.82 Å². The molecule has 0 saturated heterocycles. The Morgan fingerprint density at radius 2 is 2.00 bits per heavy atom. The molecule has 1 N–H and O–H groups in total. The van der Waals surface area contributed by atoms with Crippen LogP contribution in [0.5, 0.6) is 0 Å². The van der Waals surface area contributed by atoms with Crippen LogP contribution in [0.2, 0.25) is 0 Å². The van der Waals surface area contributed by atoms with Gasteiger partial charge in [-0.15, -0.1) is 11.8 Å². The molecule has 1 aromatic heterocycles. The van der Waals surface area contributed by atoms with Crippen molar-refractivity contribution in [3.8, 4) is 0 Å². The van der Waals surface area contributed by atoms with Crippen molar-refractivity contribution in [3.05, 3.63) is 53.1 Å². The summed E-state index contributed by atoms with van der Waals surface area (Å²) in [5, 5.41) is 9.13. The molecular weight excluding hydrogens is 284 g/mol. The molecule has 0 bridgehead atoms. The highest BCUT2D eigenvalue weighted by Gasteiger charge is 2.12. The van der Waals surface area contributed by atoms with Gasteiger partial charge in [-0.1, -0.05) is 31.0 Å². The second kappa shape index (κ2) is 7.22. The highest BCUT2D eigenvalue weighted by atomic mass is 32.2. The van der Waals surface area contributed by atoms with Crippen LogP contribution in [-0.2, 0) is 12.2 Å². The van der Waals surface area contributed by atoms with Crippen LogP contribution in [-0.4, -0.2) is 21.0 Å². The Hall–Kier alpha value is -1.88. The molecule has 5 heteroatoms. The van der Waals surface area contributed by atoms with E-state index in [1.807, 2.05) is 6.92 Å². The first-order valence-electron chi connectivity index (χ1n) is 6.87. The van der Waals surface area contributed by atoms with Gasteiger partial charge in [0.15, 0.2) is 0 Å². The summed E-state index contributed by atoms with van der Waals surface area (Å²) in [6, 6.07) is 8.27. The molecule has 0 aliphatic rings. The van der Waals surface area contributed by atoms with Crippen molar-refractivity contribution in [3.63, 3.8) is 0 Å². The molecule has 1 aromatic carbocycles. The molecule has 2 aromatic rings. The fourth-order valence-electron chi connectivity index (χ4n) is 1.92. The van der Waals surface area contributed by atoms with Gasteiger partial charge in [-0.25, -0.2) is 14.8 Å². The molecular formula is C16H18N2O2S. The number of aromatic nitrogens is 2. The lowest BCUT2D eigenvalue weighted by molar-refractivity contribution is 0.0694. The van der Waals surface area contributed by atoms with E-state index in [9.17, 15) is 4.79 Å². The zero-order valence-electron chi connectivity index (χ0n) is 12.2. The molecule has 0 aliphatic carbocycles. The average Bonchev–Trinajstić information content (AvgIpc) is 2.47. The first-order valence-corrected chi connectivity index (χ1v) is 7.86. The zero-order valence-corrected chi connectivity index (χ0v) is 13.0. The van der Waals surface area contributed by atoms with Gasteiger partial charge in [0.2, 0.25) is 0 Å². The molecule has 0 aliphatic heterocycles. The van der Waals surface area contributed by atoms with Crippen molar-refractivity contribution < 1.29 is 9.90 Å². The Morgan fingerprint density at radius 3 is 2.62 bits per heavy atom. The van der Waals surface area contributed by atoms with Crippen LogP contribution in [0.4, 0.5) is 0 Å². The van der Waals surface area contributed by atoms with Crippen molar-refractivity contribution in [1.29, 1.82) is 0 Å². The van der Waals surface area contributed by atoms with Crippen LogP contribution in [0, 0.1) is 6.92 Å². The van der Waals surface area contributed by atoms with Crippen LogP contribution in [0.25, 0.3) is 0 Å². The van der Waals surface area contributed by atoms with Crippen molar-refractivity contribution in [2.24, 2.45) is 0 Å². The van der Waals surface area contributed by atoms with Crippen molar-refractivity contribution in [1.82, 2.24) is 9.97 Å². The second-order valence-electron chi connectivity index (χ2n) is 4.80. The lowest BCUT2D eigenvalue weighted by Crippen LogP contribution is -2.08. The summed E-state index contributed by atoms with van der Waals surface area (Å²) in [6.45, 7) is 4.06. The standard InChI is InChI=1S/C16H18N2O2S/c1-3-4-14-13(16(19)20)9-17-15(18-14)10-21-12-7-5-11(2)6-8-12/h5-9H,3-4,10H2,1-2H3,(H,19,20). The van der Waals surface area contributed by atoms with Gasteiger partial charge < -0.3 is 5.11 Å². The van der Waals surface area contributed by atoms with E-state index in [1.165, 1.54) is 11.8 Å². The number of benzene rings is 1. The molecule has 1 heterocycles. The minimum Gasteiger partial charge on any atom is -0.478 e. The smallest absolute Gasteiger partial charge is 0.339 e. The van der Waals surface area contributed by atoms with Gasteiger partial charge in [0, 0.05) is 11.1 Å². The van der Waals surface area contributed by atoms with E-state index in [0.717, 1.165) is 11.3 Å². The summed E-state index contributed by atoms with van der Waals surface area (Å²) >= 11 is 1.65. The van der Waals surface area contributed by atoms with E-state index in [1.54, 1.807) is 11.8 Å². The number of hydrogen-bond acceptors (Lipinski definition) is 4. The van der Waals surface area contributed by atoms with E-state index in [0.29, 0.717) is 23.7 Å². The van der Waals surface area contributed by atoms with Gasteiger partial charge in [0.05, 0.1) is 17.0 Å². The summed E-state index contributed by atoms with van der Waals surface area (Å²) in [4.78, 5) is 20.9. The van der Waals surface area contributed by atoms with E-state index < -0.39 is 5.97 Å². The zero-order chi connectivity index (χ0) is 15.2. The third-order valence-corrected chi connectivity index (χ3v) is 4.03. The Morgan fingerprint density at radius 1 is 1.29 bits per heavy atom. The van der Waals surface area contributed by atoms with Crippen LogP contribution >= 0.6 is 11.8 Å². The number of hydrogen-bond donors (Lipinski definition) is 1. The molecule has 0 unspecified atom stereocenters. The molecule has 0 spiro atoms. The second-order valence-corrected chi connectivity index (χ2v) is 5.85. The summed E-state index contributed by atoms with van der Waals surface area (Å²) in [7, 11) is 0. The monoisotopic (exact) mass is 302 g/mol. The minimum atomic E-state index is -0.962. The Bertz CT molecular complexity index is 627. The van der Waals surface area contributed by atoms with E-state index in [-0.39, 0.29) is 5.56 Å². The number of carbonyl (C=O) groups is 1. The summed E-state index contributed by atoms with van der Waals surface area (Å²) in [5.74, 6) is 0.352. The minimum absolute atomic E-state index is 0.209. The maximum absolute atomic E-state index is 11.1. The maximum Gasteiger partial charge on any atom is 0.339 e. The average molecular weight is 302 g/mol. The fourth-order valence-corrected chi connectivity index (χ4v) is 2.68. The molecule has 2 rings (SSSR count). The van der Waals surface area contributed by atoms with Crippen molar-refractivity contribution in [2.75, 3.05) is 0 Å². The SMILES string of the molecule is CCCc1nc(CSc2ccc(C)cc2)ncc1C(=O)O. The maximum atomic E-state index is 11.1. The molecule has 4 nitrogen and oxygen atoms in total. The van der Waals surface area contributed by atoms with E-state index in [2.05, 4.69) is 41.2 Å². The highest BCUT2D eigenvalue weighted by Crippen LogP contribution is 2.22.